The maximum atomic E-state index is 3.16. The van der Waals surface area contributed by atoms with Crippen LogP contribution in [0, 0.1) is 0 Å². The summed E-state index contributed by atoms with van der Waals surface area (Å²) >= 11 is 1.97. The van der Waals surface area contributed by atoms with Gasteiger partial charge in [-0.15, -0.1) is 11.8 Å². The molecule has 0 unspecified atom stereocenters. The zero-order chi connectivity index (χ0) is 10.6. The molecule has 0 fully saturated rings. The Morgan fingerprint density at radius 2 is 2.14 bits per heavy atom. The van der Waals surface area contributed by atoms with Crippen molar-refractivity contribution < 1.29 is 0 Å². The SMILES string of the molecule is C/C=C\CC/C=C(\C)SCCCNC. The van der Waals surface area contributed by atoms with Gasteiger partial charge in [0.15, 0.2) is 0 Å². The highest BCUT2D eigenvalue weighted by atomic mass is 32.2. The second-order valence-electron chi connectivity index (χ2n) is 3.27. The van der Waals surface area contributed by atoms with Crippen LogP contribution in [0.15, 0.2) is 23.1 Å². The van der Waals surface area contributed by atoms with Gasteiger partial charge in [-0.3, -0.25) is 0 Å². The van der Waals surface area contributed by atoms with Crippen LogP contribution in [0.5, 0.6) is 0 Å². The minimum atomic E-state index is 1.12. The van der Waals surface area contributed by atoms with Gasteiger partial charge in [0.25, 0.3) is 0 Å². The molecule has 1 nitrogen and oxygen atoms in total. The molecule has 0 aliphatic carbocycles. The number of rotatable bonds is 8. The van der Waals surface area contributed by atoms with E-state index in [2.05, 4.69) is 37.4 Å². The summed E-state index contributed by atoms with van der Waals surface area (Å²) in [5.41, 5.74) is 0. The normalized spacial score (nSPS) is 12.6. The molecule has 0 aliphatic heterocycles. The molecule has 14 heavy (non-hydrogen) atoms. The van der Waals surface area contributed by atoms with Gasteiger partial charge in [-0.1, -0.05) is 18.2 Å². The monoisotopic (exact) mass is 213 g/mol. The first-order valence-corrected chi connectivity index (χ1v) is 6.35. The number of unbranched alkanes of at least 4 members (excludes halogenated alkanes) is 1. The van der Waals surface area contributed by atoms with Gasteiger partial charge in [0.2, 0.25) is 0 Å². The van der Waals surface area contributed by atoms with Crippen molar-refractivity contribution in [3.05, 3.63) is 23.1 Å². The molecule has 0 aromatic rings. The predicted octanol–water partition coefficient (Wildman–Crippen LogP) is 3.59. The lowest BCUT2D eigenvalue weighted by molar-refractivity contribution is 0.778. The first-order valence-electron chi connectivity index (χ1n) is 5.36. The number of allylic oxidation sites excluding steroid dienone is 4. The molecule has 0 atom stereocenters. The molecule has 0 aromatic heterocycles. The summed E-state index contributed by atoms with van der Waals surface area (Å²) in [7, 11) is 2.00. The van der Waals surface area contributed by atoms with Gasteiger partial charge in [0.05, 0.1) is 0 Å². The van der Waals surface area contributed by atoms with Crippen LogP contribution in [0.25, 0.3) is 0 Å². The number of thioether (sulfide) groups is 1. The van der Waals surface area contributed by atoms with E-state index in [0.717, 1.165) is 6.54 Å². The van der Waals surface area contributed by atoms with Gasteiger partial charge in [0, 0.05) is 0 Å². The van der Waals surface area contributed by atoms with Gasteiger partial charge < -0.3 is 5.32 Å². The highest BCUT2D eigenvalue weighted by Gasteiger charge is 1.90. The molecule has 2 heteroatoms. The van der Waals surface area contributed by atoms with Crippen molar-refractivity contribution in [2.45, 2.75) is 33.1 Å². The quantitative estimate of drug-likeness (QED) is 0.488. The standard InChI is InChI=1S/C12H23NS/c1-4-5-6-7-9-12(2)14-11-8-10-13-3/h4-5,9,13H,6-8,10-11H2,1-3H3/b5-4-,12-9+. The minimum Gasteiger partial charge on any atom is -0.320 e. The average molecular weight is 213 g/mol. The molecule has 82 valence electrons. The van der Waals surface area contributed by atoms with E-state index in [4.69, 9.17) is 0 Å². The molecule has 0 bridgehead atoms. The van der Waals surface area contributed by atoms with E-state index in [1.807, 2.05) is 18.8 Å². The second kappa shape index (κ2) is 10.9. The van der Waals surface area contributed by atoms with E-state index in [1.165, 1.54) is 29.9 Å². The summed E-state index contributed by atoms with van der Waals surface area (Å²) in [5, 5.41) is 3.16. The molecule has 0 aromatic carbocycles. The van der Waals surface area contributed by atoms with E-state index < -0.39 is 0 Å². The van der Waals surface area contributed by atoms with Crippen LogP contribution in [0.2, 0.25) is 0 Å². The fourth-order valence-corrected chi connectivity index (χ4v) is 1.94. The Kier molecular flexibility index (Phi) is 10.7. The van der Waals surface area contributed by atoms with Gasteiger partial charge >= 0.3 is 0 Å². The van der Waals surface area contributed by atoms with E-state index in [1.54, 1.807) is 0 Å². The number of hydrogen-bond donors (Lipinski definition) is 1. The van der Waals surface area contributed by atoms with Crippen molar-refractivity contribution in [3.8, 4) is 0 Å². The molecule has 0 aliphatic rings. The van der Waals surface area contributed by atoms with Crippen molar-refractivity contribution in [2.24, 2.45) is 0 Å². The first-order chi connectivity index (χ1) is 6.81. The van der Waals surface area contributed by atoms with Crippen LogP contribution in [0.4, 0.5) is 0 Å². The molecule has 1 N–H and O–H groups in total. The maximum Gasteiger partial charge on any atom is -0.00114 e. The van der Waals surface area contributed by atoms with Gasteiger partial charge in [-0.2, -0.15) is 0 Å². The highest BCUT2D eigenvalue weighted by molar-refractivity contribution is 8.03. The van der Waals surface area contributed by atoms with Crippen molar-refractivity contribution >= 4 is 11.8 Å². The number of hydrogen-bond acceptors (Lipinski definition) is 2. The smallest absolute Gasteiger partial charge is 0.00114 e. The summed E-state index contributed by atoms with van der Waals surface area (Å²) in [6.45, 7) is 5.40. The lowest BCUT2D eigenvalue weighted by Crippen LogP contribution is -2.07. The lowest BCUT2D eigenvalue weighted by atomic mass is 10.3. The molecule has 0 spiro atoms. The fraction of sp³-hybridized carbons (Fsp3) is 0.667. The Hall–Kier alpha value is -0.210. The largest absolute Gasteiger partial charge is 0.320 e. The molecule has 0 heterocycles. The summed E-state index contributed by atoms with van der Waals surface area (Å²) < 4.78 is 0. The zero-order valence-electron chi connectivity index (χ0n) is 9.68. The average Bonchev–Trinajstić information content (AvgIpc) is 2.19. The fourth-order valence-electron chi connectivity index (χ4n) is 1.09. The maximum absolute atomic E-state index is 3.16. The Bertz CT molecular complexity index is 173. The Labute approximate surface area is 93.0 Å². The summed E-state index contributed by atoms with van der Waals surface area (Å²) in [4.78, 5) is 1.46. The van der Waals surface area contributed by atoms with Crippen LogP contribution in [-0.4, -0.2) is 19.3 Å². The van der Waals surface area contributed by atoms with Gasteiger partial charge in [-0.05, 0) is 57.4 Å². The van der Waals surface area contributed by atoms with Crippen molar-refractivity contribution in [2.75, 3.05) is 19.3 Å². The first kappa shape index (κ1) is 13.8. The van der Waals surface area contributed by atoms with E-state index in [-0.39, 0.29) is 0 Å². The van der Waals surface area contributed by atoms with Crippen LogP contribution in [0.1, 0.15) is 33.1 Å². The van der Waals surface area contributed by atoms with Crippen LogP contribution in [0.3, 0.4) is 0 Å². The van der Waals surface area contributed by atoms with Crippen molar-refractivity contribution in [1.82, 2.24) is 5.32 Å². The van der Waals surface area contributed by atoms with Crippen molar-refractivity contribution in [1.29, 1.82) is 0 Å². The summed E-state index contributed by atoms with van der Waals surface area (Å²) in [6, 6.07) is 0. The van der Waals surface area contributed by atoms with Gasteiger partial charge in [0.1, 0.15) is 0 Å². The third-order valence-corrected chi connectivity index (χ3v) is 3.02. The van der Waals surface area contributed by atoms with E-state index >= 15 is 0 Å². The van der Waals surface area contributed by atoms with Crippen molar-refractivity contribution in [3.63, 3.8) is 0 Å². The topological polar surface area (TPSA) is 12.0 Å². The third kappa shape index (κ3) is 9.87. The van der Waals surface area contributed by atoms with Gasteiger partial charge in [-0.25, -0.2) is 0 Å². The van der Waals surface area contributed by atoms with Crippen LogP contribution >= 0.6 is 11.8 Å². The Balaban J connectivity index is 3.37. The van der Waals surface area contributed by atoms with Crippen LogP contribution < -0.4 is 5.32 Å². The Morgan fingerprint density at radius 1 is 1.36 bits per heavy atom. The van der Waals surface area contributed by atoms with E-state index in [9.17, 15) is 0 Å². The second-order valence-corrected chi connectivity index (χ2v) is 4.61. The number of nitrogens with one attached hydrogen (secondary N) is 1. The molecular formula is C12H23NS. The highest BCUT2D eigenvalue weighted by Crippen LogP contribution is 2.16. The summed E-state index contributed by atoms with van der Waals surface area (Å²) in [5.74, 6) is 1.23. The zero-order valence-corrected chi connectivity index (χ0v) is 10.5. The minimum absolute atomic E-state index is 1.12. The predicted molar refractivity (Wildman–Crippen MR) is 68.8 cm³/mol. The molecule has 0 radical (unpaired) electrons. The van der Waals surface area contributed by atoms with Crippen LogP contribution in [-0.2, 0) is 0 Å². The molecule has 0 saturated carbocycles. The molecule has 0 rings (SSSR count). The molecule has 0 saturated heterocycles. The molecule has 0 amide bonds. The third-order valence-electron chi connectivity index (χ3n) is 1.90. The molecular weight excluding hydrogens is 190 g/mol. The van der Waals surface area contributed by atoms with E-state index in [0.29, 0.717) is 0 Å². The Morgan fingerprint density at radius 3 is 2.79 bits per heavy atom. The summed E-state index contributed by atoms with van der Waals surface area (Å²) in [6.07, 6.45) is 10.3. The lowest BCUT2D eigenvalue weighted by Gasteiger charge is -2.01.